The summed E-state index contributed by atoms with van der Waals surface area (Å²) >= 11 is 0. The Balaban J connectivity index is 0.000000482. The predicted molar refractivity (Wildman–Crippen MR) is 83.4 cm³/mol. The number of hydrogen-bond donors (Lipinski definition) is 0. The van der Waals surface area contributed by atoms with Gasteiger partial charge in [-0.2, -0.15) is 12.1 Å². The van der Waals surface area contributed by atoms with Crippen molar-refractivity contribution in [1.82, 2.24) is 0 Å². The van der Waals surface area contributed by atoms with Crippen LogP contribution in [0, 0.1) is 13.0 Å². The monoisotopic (exact) mass is 404 g/mol. The molecule has 0 saturated carbocycles. The maximum atomic E-state index is 2.99. The zero-order valence-corrected chi connectivity index (χ0v) is 16.3. The molecule has 1 aliphatic rings. The van der Waals surface area contributed by atoms with Gasteiger partial charge < -0.3 is 24.8 Å². The molecule has 4 rings (SSSR count). The molecule has 0 radical (unpaired) electrons. The number of hydrogen-bond acceptors (Lipinski definition) is 0. The molecule has 0 bridgehead atoms. The van der Waals surface area contributed by atoms with Crippen molar-refractivity contribution in [2.24, 2.45) is 0 Å². The fourth-order valence-electron chi connectivity index (χ4n) is 2.45. The Kier molecular flexibility index (Phi) is 9.76. The second-order valence-electron chi connectivity index (χ2n) is 4.83. The van der Waals surface area contributed by atoms with E-state index in [4.69, 9.17) is 0 Å². The van der Waals surface area contributed by atoms with Crippen molar-refractivity contribution in [3.63, 3.8) is 0 Å². The summed E-state index contributed by atoms with van der Waals surface area (Å²) in [5.41, 5.74) is 1.34. The quantitative estimate of drug-likeness (QED) is 0.435. The number of fused-ring (bicyclic) bond motifs is 3. The zero-order valence-electron chi connectivity index (χ0n) is 12.3. The van der Waals surface area contributed by atoms with Gasteiger partial charge in [0.25, 0.3) is 0 Å². The molecule has 0 heterocycles. The van der Waals surface area contributed by atoms with E-state index >= 15 is 0 Å². The molecule has 0 aromatic heterocycles. The van der Waals surface area contributed by atoms with Gasteiger partial charge in [-0.3, -0.25) is 6.08 Å². The fourth-order valence-corrected chi connectivity index (χ4v) is 2.45. The maximum Gasteiger partial charge on any atom is 4.00 e. The van der Waals surface area contributed by atoms with Crippen LogP contribution in [-0.4, -0.2) is 0 Å². The summed E-state index contributed by atoms with van der Waals surface area (Å²) in [5, 5.41) is 5.41. The van der Waals surface area contributed by atoms with Crippen molar-refractivity contribution < 1.29 is 51.0 Å². The van der Waals surface area contributed by atoms with Crippen molar-refractivity contribution in [3.8, 4) is 0 Å². The van der Waals surface area contributed by atoms with Gasteiger partial charge >= 0.3 is 26.2 Å². The molecule has 0 atom stereocenters. The van der Waals surface area contributed by atoms with Gasteiger partial charge in [0.15, 0.2) is 0 Å². The molecule has 0 spiro atoms. The Labute approximate surface area is 163 Å². The van der Waals surface area contributed by atoms with Crippen LogP contribution in [0.5, 0.6) is 0 Å². The van der Waals surface area contributed by atoms with Gasteiger partial charge in [0, 0.05) is 0 Å². The first-order valence-corrected chi connectivity index (χ1v) is 6.61. The molecule has 3 heteroatoms. The largest absolute Gasteiger partial charge is 4.00 e. The number of halogens is 2. The third-order valence-corrected chi connectivity index (χ3v) is 3.35. The number of benzene rings is 2. The van der Waals surface area contributed by atoms with Gasteiger partial charge in [-0.25, -0.2) is 12.2 Å². The van der Waals surface area contributed by atoms with Crippen LogP contribution in [0.1, 0.15) is 12.0 Å². The molecule has 1 aliphatic carbocycles. The second kappa shape index (κ2) is 10.1. The maximum absolute atomic E-state index is 2.99. The van der Waals surface area contributed by atoms with E-state index < -0.39 is 0 Å². The molecule has 0 nitrogen and oxygen atoms in total. The van der Waals surface area contributed by atoms with Crippen molar-refractivity contribution in [3.05, 3.63) is 78.4 Å². The molecule has 0 fully saturated rings. The molecule has 22 heavy (non-hydrogen) atoms. The molecule has 110 valence electrons. The summed E-state index contributed by atoms with van der Waals surface area (Å²) in [6, 6.07) is 17.4. The molecule has 0 saturated heterocycles. The first-order valence-electron chi connectivity index (χ1n) is 6.61. The van der Waals surface area contributed by atoms with E-state index in [1.54, 1.807) is 0 Å². The summed E-state index contributed by atoms with van der Waals surface area (Å²) in [6.07, 6.45) is 10.0. The van der Waals surface area contributed by atoms with Crippen molar-refractivity contribution in [2.45, 2.75) is 13.3 Å². The first kappa shape index (κ1) is 21.3. The molecule has 0 amide bonds. The summed E-state index contributed by atoms with van der Waals surface area (Å²) in [7, 11) is 0. The number of rotatable bonds is 0. The Morgan fingerprint density at radius 2 is 1.77 bits per heavy atom. The fraction of sp³-hybridized carbons (Fsp3) is 0.105. The van der Waals surface area contributed by atoms with E-state index in [-0.39, 0.29) is 51.0 Å². The smallest absolute Gasteiger partial charge is 1.00 e. The van der Waals surface area contributed by atoms with Gasteiger partial charge in [-0.15, -0.1) is 34.9 Å². The Morgan fingerprint density at radius 1 is 1.00 bits per heavy atom. The van der Waals surface area contributed by atoms with Gasteiger partial charge in [-0.05, 0) is 5.39 Å². The van der Waals surface area contributed by atoms with Gasteiger partial charge in [0.05, 0.1) is 0 Å². The normalized spacial score (nSPS) is 11.1. The average Bonchev–Trinajstić information content (AvgIpc) is 3.10. The Bertz CT molecular complexity index is 759. The van der Waals surface area contributed by atoms with Crippen LogP contribution in [0.25, 0.3) is 21.5 Å². The zero-order chi connectivity index (χ0) is 13.1. The Hall–Kier alpha value is -0.747. The van der Waals surface area contributed by atoms with Crippen LogP contribution >= 0.6 is 0 Å². The van der Waals surface area contributed by atoms with E-state index in [0.717, 1.165) is 6.42 Å². The predicted octanol–water partition coefficient (Wildman–Crippen LogP) is -0.668. The minimum atomic E-state index is 0. The van der Waals surface area contributed by atoms with E-state index in [1.807, 2.05) is 12.2 Å². The van der Waals surface area contributed by atoms with Crippen molar-refractivity contribution in [2.75, 3.05) is 0 Å². The topological polar surface area (TPSA) is 0 Å². The van der Waals surface area contributed by atoms with Gasteiger partial charge in [0.1, 0.15) is 0 Å². The minimum absolute atomic E-state index is 0. The Morgan fingerprint density at radius 3 is 2.41 bits per heavy atom. The minimum Gasteiger partial charge on any atom is -1.00 e. The SMILES string of the molecule is Cc1cc2c(ccc3ccccc32)[cH-]1.[C-]1=CC=CC1.[Cl-].[Cl-].[Zr+4]. The van der Waals surface area contributed by atoms with Crippen LogP contribution in [0.3, 0.4) is 0 Å². The number of allylic oxidation sites excluding steroid dienone is 4. The molecule has 3 aromatic rings. The second-order valence-corrected chi connectivity index (χ2v) is 4.83. The molecular weight excluding hydrogens is 390 g/mol. The summed E-state index contributed by atoms with van der Waals surface area (Å²) in [4.78, 5) is 0. The third-order valence-electron chi connectivity index (χ3n) is 3.35. The van der Waals surface area contributed by atoms with Crippen LogP contribution in [0.15, 0.2) is 66.8 Å². The van der Waals surface area contributed by atoms with Crippen molar-refractivity contribution in [1.29, 1.82) is 0 Å². The molecule has 0 unspecified atom stereocenters. The van der Waals surface area contributed by atoms with Crippen LogP contribution < -0.4 is 24.8 Å². The first-order chi connectivity index (χ1) is 9.34. The molecule has 3 aromatic carbocycles. The van der Waals surface area contributed by atoms with Crippen molar-refractivity contribution >= 4 is 21.5 Å². The van der Waals surface area contributed by atoms with Crippen LogP contribution in [-0.2, 0) is 26.2 Å². The van der Waals surface area contributed by atoms with E-state index in [2.05, 4.69) is 67.6 Å². The average molecular weight is 406 g/mol. The van der Waals surface area contributed by atoms with Gasteiger partial charge in [-0.1, -0.05) is 42.6 Å². The van der Waals surface area contributed by atoms with Gasteiger partial charge in [0.2, 0.25) is 0 Å². The van der Waals surface area contributed by atoms with Crippen LogP contribution in [0.2, 0.25) is 0 Å². The number of aryl methyl sites for hydroxylation is 1. The van der Waals surface area contributed by atoms with E-state index in [1.165, 1.54) is 27.1 Å². The molecule has 0 N–H and O–H groups in total. The summed E-state index contributed by atoms with van der Waals surface area (Å²) in [6.45, 7) is 2.15. The van der Waals surface area contributed by atoms with Crippen LogP contribution in [0.4, 0.5) is 0 Å². The van der Waals surface area contributed by atoms with E-state index in [0.29, 0.717) is 0 Å². The van der Waals surface area contributed by atoms with E-state index in [9.17, 15) is 0 Å². The summed E-state index contributed by atoms with van der Waals surface area (Å²) < 4.78 is 0. The molecule has 0 aliphatic heterocycles. The standard InChI is InChI=1S/C14H11.C5H5.2ClH.Zr/c1-10-8-12-7-6-11-4-2-3-5-13(11)14(12)9-10;1-2-4-5-3-1;;;/h2-9H,1H3;1-3H,4H2;2*1H;/q2*-1;;;+4/p-2. The molecular formula is C19H16Cl2Zr. The third kappa shape index (κ3) is 4.88. The summed E-state index contributed by atoms with van der Waals surface area (Å²) in [5.74, 6) is 0.